The molecular formula is C13H24N4O2. The van der Waals surface area contributed by atoms with Crippen molar-refractivity contribution in [3.63, 3.8) is 0 Å². The maximum Gasteiger partial charge on any atom is 0.259 e. The van der Waals surface area contributed by atoms with Gasteiger partial charge in [0.15, 0.2) is 0 Å². The van der Waals surface area contributed by atoms with E-state index >= 15 is 0 Å². The molecule has 2 amide bonds. The standard InChI is InChI=1S/C13H24N4O2/c1-7(2)10(13(19)17(3)14)16-12(18)11-8-4-5-9(6-8)15-11/h7-11,15H,4-6,14H2,1-3H3,(H,16,18)/t8-,9+,10-,11-/m0/s1. The first-order chi connectivity index (χ1) is 8.90. The second-order valence-corrected chi connectivity index (χ2v) is 6.09. The zero-order valence-corrected chi connectivity index (χ0v) is 11.8. The molecule has 108 valence electrons. The van der Waals surface area contributed by atoms with Gasteiger partial charge in [-0.25, -0.2) is 5.84 Å². The summed E-state index contributed by atoms with van der Waals surface area (Å²) in [7, 11) is 1.50. The zero-order valence-electron chi connectivity index (χ0n) is 11.8. The monoisotopic (exact) mass is 268 g/mol. The van der Waals surface area contributed by atoms with Crippen LogP contribution in [0.25, 0.3) is 0 Å². The molecule has 4 N–H and O–H groups in total. The van der Waals surface area contributed by atoms with Gasteiger partial charge < -0.3 is 10.6 Å². The summed E-state index contributed by atoms with van der Waals surface area (Å²) in [5.74, 6) is 5.59. The summed E-state index contributed by atoms with van der Waals surface area (Å²) in [5, 5.41) is 7.23. The molecule has 1 aliphatic carbocycles. The fourth-order valence-electron chi connectivity index (χ4n) is 3.13. The van der Waals surface area contributed by atoms with Crippen molar-refractivity contribution in [2.75, 3.05) is 7.05 Å². The summed E-state index contributed by atoms with van der Waals surface area (Å²) in [6.45, 7) is 3.81. The molecule has 2 fully saturated rings. The molecule has 2 rings (SSSR count). The summed E-state index contributed by atoms with van der Waals surface area (Å²) >= 11 is 0. The molecule has 0 aromatic heterocycles. The minimum atomic E-state index is -0.552. The van der Waals surface area contributed by atoms with Gasteiger partial charge >= 0.3 is 0 Å². The van der Waals surface area contributed by atoms with E-state index < -0.39 is 6.04 Å². The normalized spacial score (nSPS) is 30.5. The third-order valence-corrected chi connectivity index (χ3v) is 4.22. The highest BCUT2D eigenvalue weighted by molar-refractivity contribution is 5.90. The Balaban J connectivity index is 1.97. The first-order valence-corrected chi connectivity index (χ1v) is 6.99. The first-order valence-electron chi connectivity index (χ1n) is 6.99. The molecule has 4 atom stereocenters. The van der Waals surface area contributed by atoms with Gasteiger partial charge in [-0.2, -0.15) is 0 Å². The lowest BCUT2D eigenvalue weighted by Gasteiger charge is -2.28. The van der Waals surface area contributed by atoms with E-state index in [4.69, 9.17) is 5.84 Å². The Morgan fingerprint density at radius 2 is 2.05 bits per heavy atom. The van der Waals surface area contributed by atoms with E-state index in [9.17, 15) is 9.59 Å². The molecule has 2 aliphatic rings. The molecule has 0 aromatic rings. The zero-order chi connectivity index (χ0) is 14.2. The van der Waals surface area contributed by atoms with Gasteiger partial charge in [0.25, 0.3) is 5.91 Å². The van der Waals surface area contributed by atoms with E-state index in [2.05, 4.69) is 10.6 Å². The number of hydrogen-bond acceptors (Lipinski definition) is 4. The average Bonchev–Trinajstić information content (AvgIpc) is 2.96. The molecule has 0 aromatic carbocycles. The number of piperidine rings is 1. The van der Waals surface area contributed by atoms with Gasteiger partial charge in [-0.3, -0.25) is 14.6 Å². The molecule has 1 heterocycles. The molecule has 19 heavy (non-hydrogen) atoms. The van der Waals surface area contributed by atoms with Crippen molar-refractivity contribution in [3.8, 4) is 0 Å². The van der Waals surface area contributed by atoms with Crippen molar-refractivity contribution < 1.29 is 9.59 Å². The van der Waals surface area contributed by atoms with Crippen molar-refractivity contribution in [2.45, 2.75) is 51.2 Å². The van der Waals surface area contributed by atoms with Gasteiger partial charge in [-0.15, -0.1) is 0 Å². The Kier molecular flexibility index (Phi) is 4.10. The summed E-state index contributed by atoms with van der Waals surface area (Å²) in [6.07, 6.45) is 3.34. The van der Waals surface area contributed by atoms with Crippen molar-refractivity contribution in [1.29, 1.82) is 0 Å². The highest BCUT2D eigenvalue weighted by Crippen LogP contribution is 2.35. The van der Waals surface area contributed by atoms with Crippen LogP contribution in [0.3, 0.4) is 0 Å². The molecule has 6 nitrogen and oxygen atoms in total. The predicted octanol–water partition coefficient (Wildman–Crippen LogP) is -0.400. The Morgan fingerprint density at radius 1 is 1.37 bits per heavy atom. The van der Waals surface area contributed by atoms with Gasteiger partial charge in [0, 0.05) is 13.1 Å². The number of fused-ring (bicyclic) bond motifs is 2. The van der Waals surface area contributed by atoms with E-state index in [1.165, 1.54) is 7.05 Å². The molecule has 0 spiro atoms. The van der Waals surface area contributed by atoms with Crippen LogP contribution < -0.4 is 16.5 Å². The van der Waals surface area contributed by atoms with E-state index in [1.54, 1.807) is 0 Å². The number of carbonyl (C=O) groups excluding carboxylic acids is 2. The number of likely N-dealkylation sites (N-methyl/N-ethyl adjacent to an activating group) is 1. The number of amides is 2. The summed E-state index contributed by atoms with van der Waals surface area (Å²) < 4.78 is 0. The Labute approximate surface area is 114 Å². The van der Waals surface area contributed by atoms with Gasteiger partial charge in [-0.05, 0) is 31.1 Å². The van der Waals surface area contributed by atoms with Crippen molar-refractivity contribution >= 4 is 11.8 Å². The average molecular weight is 268 g/mol. The number of nitrogens with one attached hydrogen (secondary N) is 2. The molecular weight excluding hydrogens is 244 g/mol. The van der Waals surface area contributed by atoms with Gasteiger partial charge in [0.1, 0.15) is 6.04 Å². The smallest absolute Gasteiger partial charge is 0.259 e. The summed E-state index contributed by atoms with van der Waals surface area (Å²) in [6, 6.07) is -0.217. The fraction of sp³-hybridized carbons (Fsp3) is 0.846. The number of nitrogens with zero attached hydrogens (tertiary/aromatic N) is 1. The van der Waals surface area contributed by atoms with Gasteiger partial charge in [0.05, 0.1) is 6.04 Å². The quantitative estimate of drug-likeness (QED) is 0.368. The van der Waals surface area contributed by atoms with Crippen LogP contribution >= 0.6 is 0 Å². The molecule has 0 radical (unpaired) electrons. The van der Waals surface area contributed by atoms with Crippen LogP contribution in [0.15, 0.2) is 0 Å². The molecule has 1 aliphatic heterocycles. The van der Waals surface area contributed by atoms with Gasteiger partial charge in [0.2, 0.25) is 5.91 Å². The van der Waals surface area contributed by atoms with E-state index in [-0.39, 0.29) is 23.8 Å². The number of rotatable bonds is 4. The maximum absolute atomic E-state index is 12.3. The highest BCUT2D eigenvalue weighted by atomic mass is 16.2. The topological polar surface area (TPSA) is 87.5 Å². The first kappa shape index (κ1) is 14.3. The Hall–Kier alpha value is -1.14. The van der Waals surface area contributed by atoms with Crippen LogP contribution in [-0.4, -0.2) is 42.0 Å². The second kappa shape index (κ2) is 5.46. The minimum absolute atomic E-state index is 0.0149. The van der Waals surface area contributed by atoms with Crippen LogP contribution in [0.1, 0.15) is 33.1 Å². The molecule has 6 heteroatoms. The maximum atomic E-state index is 12.3. The lowest BCUT2D eigenvalue weighted by atomic mass is 9.97. The van der Waals surface area contributed by atoms with Crippen LogP contribution in [0, 0.1) is 11.8 Å². The molecule has 2 bridgehead atoms. The van der Waals surface area contributed by atoms with Crippen molar-refractivity contribution in [3.05, 3.63) is 0 Å². The Morgan fingerprint density at radius 3 is 2.47 bits per heavy atom. The number of nitrogens with two attached hydrogens (primary N) is 1. The number of carbonyl (C=O) groups is 2. The van der Waals surface area contributed by atoms with Crippen LogP contribution in [0.5, 0.6) is 0 Å². The van der Waals surface area contributed by atoms with E-state index in [0.717, 1.165) is 24.3 Å². The third-order valence-electron chi connectivity index (χ3n) is 4.22. The van der Waals surface area contributed by atoms with Crippen molar-refractivity contribution in [1.82, 2.24) is 15.6 Å². The Bertz CT molecular complexity index is 370. The summed E-state index contributed by atoms with van der Waals surface area (Å²) in [5.41, 5.74) is 0. The van der Waals surface area contributed by atoms with E-state index in [1.807, 2.05) is 13.8 Å². The molecule has 0 unspecified atom stereocenters. The van der Waals surface area contributed by atoms with Gasteiger partial charge in [-0.1, -0.05) is 13.8 Å². The number of hydrazine groups is 1. The predicted molar refractivity (Wildman–Crippen MR) is 71.8 cm³/mol. The lowest BCUT2D eigenvalue weighted by molar-refractivity contribution is -0.137. The minimum Gasteiger partial charge on any atom is -0.343 e. The SMILES string of the molecule is CC(C)[C@H](NC(=O)[C@H]1N[C@@H]2CC[C@H]1C2)C(=O)N(C)N. The lowest BCUT2D eigenvalue weighted by Crippen LogP contribution is -2.57. The van der Waals surface area contributed by atoms with Crippen LogP contribution in [0.2, 0.25) is 0 Å². The second-order valence-electron chi connectivity index (χ2n) is 6.09. The van der Waals surface area contributed by atoms with Crippen LogP contribution in [0.4, 0.5) is 0 Å². The fourth-order valence-corrected chi connectivity index (χ4v) is 3.13. The molecule has 1 saturated carbocycles. The largest absolute Gasteiger partial charge is 0.343 e. The highest BCUT2D eigenvalue weighted by Gasteiger charge is 2.43. The van der Waals surface area contributed by atoms with Crippen LogP contribution in [-0.2, 0) is 9.59 Å². The van der Waals surface area contributed by atoms with E-state index in [0.29, 0.717) is 12.0 Å². The summed E-state index contributed by atoms with van der Waals surface area (Å²) in [4.78, 5) is 24.3. The number of hydrogen-bond donors (Lipinski definition) is 3. The molecule has 1 saturated heterocycles. The van der Waals surface area contributed by atoms with Crippen molar-refractivity contribution in [2.24, 2.45) is 17.7 Å². The third kappa shape index (κ3) is 2.90.